The Balaban J connectivity index is 1.74. The molecule has 0 spiro atoms. The number of hydrogen-bond donors (Lipinski definition) is 0. The van der Waals surface area contributed by atoms with Crippen LogP contribution in [0.2, 0.25) is 0 Å². The molecule has 2 fully saturated rings. The molecule has 2 rings (SSSR count). The third-order valence-corrected chi connectivity index (χ3v) is 4.29. The van der Waals surface area contributed by atoms with Gasteiger partial charge < -0.3 is 9.64 Å². The van der Waals surface area contributed by atoms with Gasteiger partial charge in [-0.2, -0.15) is 0 Å². The van der Waals surface area contributed by atoms with Crippen molar-refractivity contribution in [3.63, 3.8) is 0 Å². The molecule has 1 heterocycles. The van der Waals surface area contributed by atoms with Crippen LogP contribution in [0.3, 0.4) is 0 Å². The first-order chi connectivity index (χ1) is 8.84. The van der Waals surface area contributed by atoms with Crippen LogP contribution in [0.1, 0.15) is 47.0 Å². The smallest absolute Gasteiger partial charge is 0.410 e. The van der Waals surface area contributed by atoms with Gasteiger partial charge in [-0.3, -0.25) is 4.90 Å². The number of piperazine rings is 1. The van der Waals surface area contributed by atoms with Crippen molar-refractivity contribution in [2.45, 2.75) is 52.6 Å². The molecule has 0 aromatic rings. The quantitative estimate of drug-likeness (QED) is 0.789. The molecule has 4 heteroatoms. The van der Waals surface area contributed by atoms with E-state index in [0.717, 1.165) is 26.2 Å². The molecule has 0 unspecified atom stereocenters. The molecular formula is C15H28N2O2. The van der Waals surface area contributed by atoms with Crippen LogP contribution >= 0.6 is 0 Å². The molecule has 0 radical (unpaired) electrons. The predicted octanol–water partition coefficient (Wildman–Crippen LogP) is 2.73. The summed E-state index contributed by atoms with van der Waals surface area (Å²) >= 11 is 0. The monoisotopic (exact) mass is 268 g/mol. The van der Waals surface area contributed by atoms with Crippen molar-refractivity contribution < 1.29 is 9.53 Å². The molecule has 1 aliphatic heterocycles. The minimum Gasteiger partial charge on any atom is -0.444 e. The van der Waals surface area contributed by atoms with E-state index in [2.05, 4.69) is 11.8 Å². The molecule has 110 valence electrons. The third-order valence-electron chi connectivity index (χ3n) is 4.29. The van der Waals surface area contributed by atoms with Gasteiger partial charge in [0, 0.05) is 32.7 Å². The summed E-state index contributed by atoms with van der Waals surface area (Å²) in [5, 5.41) is 0. The predicted molar refractivity (Wildman–Crippen MR) is 76.2 cm³/mol. The van der Waals surface area contributed by atoms with Crippen LogP contribution in [-0.2, 0) is 4.74 Å². The molecule has 1 amide bonds. The van der Waals surface area contributed by atoms with Crippen molar-refractivity contribution in [3.8, 4) is 0 Å². The van der Waals surface area contributed by atoms with Crippen molar-refractivity contribution in [3.05, 3.63) is 0 Å². The zero-order valence-electron chi connectivity index (χ0n) is 12.9. The molecule has 19 heavy (non-hydrogen) atoms. The molecule has 0 bridgehead atoms. The van der Waals surface area contributed by atoms with Crippen LogP contribution in [0.25, 0.3) is 0 Å². The highest BCUT2D eigenvalue weighted by Gasteiger charge is 2.42. The largest absolute Gasteiger partial charge is 0.444 e. The number of carbonyl (C=O) groups excluding carboxylic acids is 1. The molecule has 2 aliphatic rings. The van der Waals surface area contributed by atoms with E-state index >= 15 is 0 Å². The fourth-order valence-corrected chi connectivity index (χ4v) is 2.69. The van der Waals surface area contributed by atoms with Gasteiger partial charge in [0.05, 0.1) is 0 Å². The van der Waals surface area contributed by atoms with Gasteiger partial charge in [-0.05, 0) is 45.4 Å². The van der Waals surface area contributed by atoms with Crippen LogP contribution in [0.15, 0.2) is 0 Å². The van der Waals surface area contributed by atoms with E-state index in [4.69, 9.17) is 4.74 Å². The number of nitrogens with zero attached hydrogens (tertiary/aromatic N) is 2. The van der Waals surface area contributed by atoms with E-state index in [1.54, 1.807) is 0 Å². The molecule has 0 atom stereocenters. The minimum atomic E-state index is -0.394. The zero-order valence-corrected chi connectivity index (χ0v) is 12.9. The Bertz CT molecular complexity index is 324. The van der Waals surface area contributed by atoms with E-state index in [0.29, 0.717) is 5.41 Å². The Morgan fingerprint density at radius 2 is 1.74 bits per heavy atom. The molecule has 4 nitrogen and oxygen atoms in total. The Morgan fingerprint density at radius 1 is 1.16 bits per heavy atom. The third kappa shape index (κ3) is 4.10. The molecule has 1 aliphatic carbocycles. The standard InChI is InChI=1S/C15H28N2O2/c1-5-15(6-7-15)12-16-8-10-17(11-9-16)13(18)19-14(2,3)4/h5-12H2,1-4H3. The SMILES string of the molecule is CCC1(CN2CCN(C(=O)OC(C)(C)C)CC2)CC1. The topological polar surface area (TPSA) is 32.8 Å². The van der Waals surface area contributed by atoms with Crippen LogP contribution in [0.4, 0.5) is 4.79 Å². The molecular weight excluding hydrogens is 240 g/mol. The fourth-order valence-electron chi connectivity index (χ4n) is 2.69. The maximum Gasteiger partial charge on any atom is 0.410 e. The Kier molecular flexibility index (Phi) is 4.09. The van der Waals surface area contributed by atoms with Gasteiger partial charge in [0.15, 0.2) is 0 Å². The van der Waals surface area contributed by atoms with E-state index in [1.165, 1.54) is 25.8 Å². The second kappa shape index (κ2) is 5.31. The highest BCUT2D eigenvalue weighted by atomic mass is 16.6. The number of ether oxygens (including phenoxy) is 1. The molecule has 0 aromatic carbocycles. The normalized spacial score (nSPS) is 23.3. The van der Waals surface area contributed by atoms with E-state index in [9.17, 15) is 4.79 Å². The summed E-state index contributed by atoms with van der Waals surface area (Å²) in [5.41, 5.74) is 0.211. The number of hydrogen-bond acceptors (Lipinski definition) is 3. The average Bonchev–Trinajstić information content (AvgIpc) is 3.08. The van der Waals surface area contributed by atoms with E-state index in [-0.39, 0.29) is 6.09 Å². The van der Waals surface area contributed by atoms with E-state index < -0.39 is 5.60 Å². The Hall–Kier alpha value is -0.770. The molecule has 0 aromatic heterocycles. The maximum atomic E-state index is 12.0. The van der Waals surface area contributed by atoms with Crippen LogP contribution < -0.4 is 0 Å². The summed E-state index contributed by atoms with van der Waals surface area (Å²) in [4.78, 5) is 16.3. The van der Waals surface area contributed by atoms with Gasteiger partial charge in [0.25, 0.3) is 0 Å². The highest BCUT2D eigenvalue weighted by Crippen LogP contribution is 2.49. The summed E-state index contributed by atoms with van der Waals surface area (Å²) < 4.78 is 5.42. The van der Waals surface area contributed by atoms with Crippen LogP contribution in [0, 0.1) is 5.41 Å². The van der Waals surface area contributed by atoms with Crippen molar-refractivity contribution in [1.29, 1.82) is 0 Å². The number of rotatable bonds is 3. The lowest BCUT2D eigenvalue weighted by molar-refractivity contribution is 0.0129. The molecule has 1 saturated carbocycles. The van der Waals surface area contributed by atoms with Crippen molar-refractivity contribution in [1.82, 2.24) is 9.80 Å². The summed E-state index contributed by atoms with van der Waals surface area (Å²) in [6.07, 6.45) is 3.90. The van der Waals surface area contributed by atoms with Crippen molar-refractivity contribution >= 4 is 6.09 Å². The lowest BCUT2D eigenvalue weighted by atomic mass is 10.0. The number of amides is 1. The first-order valence-corrected chi connectivity index (χ1v) is 7.54. The van der Waals surface area contributed by atoms with Gasteiger partial charge in [-0.1, -0.05) is 6.92 Å². The van der Waals surface area contributed by atoms with Crippen molar-refractivity contribution in [2.75, 3.05) is 32.7 Å². The maximum absolute atomic E-state index is 12.0. The van der Waals surface area contributed by atoms with Gasteiger partial charge >= 0.3 is 6.09 Å². The zero-order chi connectivity index (χ0) is 14.1. The second-order valence-electron chi connectivity index (χ2n) is 7.10. The summed E-state index contributed by atoms with van der Waals surface area (Å²) in [5.74, 6) is 0. The second-order valence-corrected chi connectivity index (χ2v) is 7.10. The minimum absolute atomic E-state index is 0.163. The summed E-state index contributed by atoms with van der Waals surface area (Å²) in [6, 6.07) is 0. The summed E-state index contributed by atoms with van der Waals surface area (Å²) in [6.45, 7) is 12.8. The molecule has 1 saturated heterocycles. The first kappa shape index (κ1) is 14.6. The van der Waals surface area contributed by atoms with Gasteiger partial charge in [0.2, 0.25) is 0 Å². The lowest BCUT2D eigenvalue weighted by Gasteiger charge is -2.37. The fraction of sp³-hybridized carbons (Fsp3) is 0.933. The van der Waals surface area contributed by atoms with Crippen LogP contribution in [0.5, 0.6) is 0 Å². The van der Waals surface area contributed by atoms with Crippen LogP contribution in [-0.4, -0.2) is 54.2 Å². The Labute approximate surface area is 117 Å². The van der Waals surface area contributed by atoms with Crippen molar-refractivity contribution in [2.24, 2.45) is 5.41 Å². The lowest BCUT2D eigenvalue weighted by Crippen LogP contribution is -2.51. The van der Waals surface area contributed by atoms with E-state index in [1.807, 2.05) is 25.7 Å². The average molecular weight is 268 g/mol. The Morgan fingerprint density at radius 3 is 2.16 bits per heavy atom. The first-order valence-electron chi connectivity index (χ1n) is 7.54. The highest BCUT2D eigenvalue weighted by molar-refractivity contribution is 5.68. The van der Waals surface area contributed by atoms with Gasteiger partial charge in [-0.15, -0.1) is 0 Å². The summed E-state index contributed by atoms with van der Waals surface area (Å²) in [7, 11) is 0. The molecule has 0 N–H and O–H groups in total. The van der Waals surface area contributed by atoms with Gasteiger partial charge in [0.1, 0.15) is 5.60 Å². The number of carbonyl (C=O) groups is 1. The van der Waals surface area contributed by atoms with Gasteiger partial charge in [-0.25, -0.2) is 4.79 Å².